The summed E-state index contributed by atoms with van der Waals surface area (Å²) in [5, 5.41) is 3.37. The Morgan fingerprint density at radius 3 is 2.82 bits per heavy atom. The number of benzene rings is 1. The maximum absolute atomic E-state index is 13.7. The summed E-state index contributed by atoms with van der Waals surface area (Å²) in [6.45, 7) is 0. The highest BCUT2D eigenvalue weighted by molar-refractivity contribution is 6.30. The lowest BCUT2D eigenvalue weighted by atomic mass is 10.1. The number of hydrogen-bond acceptors (Lipinski definition) is 3. The molecule has 1 aliphatic rings. The first-order chi connectivity index (χ1) is 8.11. The Morgan fingerprint density at radius 1 is 1.59 bits per heavy atom. The molecule has 0 saturated heterocycles. The van der Waals surface area contributed by atoms with E-state index in [1.54, 1.807) is 6.07 Å². The molecule has 0 spiro atoms. The van der Waals surface area contributed by atoms with Crippen molar-refractivity contribution in [2.45, 2.75) is 24.9 Å². The molecule has 1 N–H and O–H groups in total. The molecule has 2 rings (SSSR count). The normalized spacial score (nSPS) is 16.6. The Balaban J connectivity index is 2.26. The zero-order valence-corrected chi connectivity index (χ0v) is 10.1. The van der Waals surface area contributed by atoms with Crippen molar-refractivity contribution in [2.75, 3.05) is 7.11 Å². The molecule has 17 heavy (non-hydrogen) atoms. The summed E-state index contributed by atoms with van der Waals surface area (Å²) in [6.07, 6.45) is 2.01. The van der Waals surface area contributed by atoms with Crippen molar-refractivity contribution >= 4 is 17.6 Å². The highest BCUT2D eigenvalue weighted by Gasteiger charge is 2.31. The van der Waals surface area contributed by atoms with E-state index in [0.717, 1.165) is 12.8 Å². The van der Waals surface area contributed by atoms with Gasteiger partial charge in [-0.05, 0) is 25.0 Å². The number of esters is 1. The van der Waals surface area contributed by atoms with Crippen molar-refractivity contribution in [3.05, 3.63) is 34.6 Å². The monoisotopic (exact) mass is 257 g/mol. The van der Waals surface area contributed by atoms with Crippen LogP contribution in [0.15, 0.2) is 18.2 Å². The molecule has 1 unspecified atom stereocenters. The van der Waals surface area contributed by atoms with Gasteiger partial charge < -0.3 is 4.74 Å². The van der Waals surface area contributed by atoms with E-state index in [9.17, 15) is 9.18 Å². The molecule has 0 aliphatic heterocycles. The van der Waals surface area contributed by atoms with Gasteiger partial charge >= 0.3 is 5.97 Å². The number of rotatable bonds is 4. The summed E-state index contributed by atoms with van der Waals surface area (Å²) in [4.78, 5) is 11.6. The second kappa shape index (κ2) is 5.02. The number of nitrogens with one attached hydrogen (secondary N) is 1. The van der Waals surface area contributed by atoms with Gasteiger partial charge in [0, 0.05) is 16.6 Å². The Kier molecular flexibility index (Phi) is 3.64. The van der Waals surface area contributed by atoms with Crippen LogP contribution in [0.2, 0.25) is 5.02 Å². The molecule has 3 nitrogen and oxygen atoms in total. The first kappa shape index (κ1) is 12.3. The second-order valence-corrected chi connectivity index (χ2v) is 4.50. The first-order valence-electron chi connectivity index (χ1n) is 5.40. The van der Waals surface area contributed by atoms with E-state index in [4.69, 9.17) is 11.6 Å². The minimum atomic E-state index is -0.759. The number of carbonyl (C=O) groups is 1. The number of hydrogen-bond donors (Lipinski definition) is 1. The van der Waals surface area contributed by atoms with Gasteiger partial charge in [0.25, 0.3) is 0 Å². The molecule has 1 aliphatic carbocycles. The van der Waals surface area contributed by atoms with Crippen LogP contribution in [0.4, 0.5) is 4.39 Å². The zero-order chi connectivity index (χ0) is 12.4. The van der Waals surface area contributed by atoms with Crippen molar-refractivity contribution < 1.29 is 13.9 Å². The van der Waals surface area contributed by atoms with Crippen molar-refractivity contribution in [3.63, 3.8) is 0 Å². The third-order valence-electron chi connectivity index (χ3n) is 2.69. The molecule has 0 radical (unpaired) electrons. The molecule has 0 aromatic heterocycles. The van der Waals surface area contributed by atoms with Gasteiger partial charge in [-0.25, -0.2) is 9.18 Å². The van der Waals surface area contributed by atoms with Gasteiger partial charge in [0.2, 0.25) is 0 Å². The van der Waals surface area contributed by atoms with Crippen LogP contribution >= 0.6 is 11.6 Å². The fourth-order valence-corrected chi connectivity index (χ4v) is 1.78. The minimum Gasteiger partial charge on any atom is -0.468 e. The fraction of sp³-hybridized carbons (Fsp3) is 0.417. The molecule has 0 amide bonds. The molecule has 92 valence electrons. The molecule has 1 aromatic rings. The van der Waals surface area contributed by atoms with Gasteiger partial charge in [0.05, 0.1) is 7.11 Å². The Labute approximate surface area is 104 Å². The number of ether oxygens (including phenoxy) is 1. The maximum Gasteiger partial charge on any atom is 0.327 e. The zero-order valence-electron chi connectivity index (χ0n) is 9.37. The van der Waals surface area contributed by atoms with Gasteiger partial charge in [-0.2, -0.15) is 0 Å². The quantitative estimate of drug-likeness (QED) is 0.842. The number of halogens is 2. The van der Waals surface area contributed by atoms with Crippen LogP contribution in [-0.4, -0.2) is 19.1 Å². The molecule has 1 atom stereocenters. The van der Waals surface area contributed by atoms with E-state index in [-0.39, 0.29) is 11.6 Å². The topological polar surface area (TPSA) is 38.3 Å². The van der Waals surface area contributed by atoms with Crippen LogP contribution < -0.4 is 5.32 Å². The largest absolute Gasteiger partial charge is 0.468 e. The first-order valence-corrected chi connectivity index (χ1v) is 5.78. The lowest BCUT2D eigenvalue weighted by molar-refractivity contribution is -0.143. The van der Waals surface area contributed by atoms with Crippen LogP contribution in [0.5, 0.6) is 0 Å². The Bertz CT molecular complexity index is 435. The summed E-state index contributed by atoms with van der Waals surface area (Å²) in [6, 6.07) is 3.78. The predicted molar refractivity (Wildman–Crippen MR) is 62.3 cm³/mol. The van der Waals surface area contributed by atoms with Crippen LogP contribution in [0.3, 0.4) is 0 Å². The van der Waals surface area contributed by atoms with Crippen molar-refractivity contribution in [3.8, 4) is 0 Å². The van der Waals surface area contributed by atoms with E-state index in [0.29, 0.717) is 5.02 Å². The Morgan fingerprint density at radius 2 is 2.29 bits per heavy atom. The van der Waals surface area contributed by atoms with E-state index < -0.39 is 17.8 Å². The van der Waals surface area contributed by atoms with Gasteiger partial charge in [0.1, 0.15) is 11.9 Å². The molecule has 0 bridgehead atoms. The van der Waals surface area contributed by atoms with Gasteiger partial charge in [-0.15, -0.1) is 0 Å². The molecule has 1 saturated carbocycles. The van der Waals surface area contributed by atoms with Gasteiger partial charge in [-0.1, -0.05) is 17.7 Å². The third kappa shape index (κ3) is 2.96. The van der Waals surface area contributed by atoms with Crippen LogP contribution in [-0.2, 0) is 9.53 Å². The van der Waals surface area contributed by atoms with E-state index >= 15 is 0 Å². The Hall–Kier alpha value is -1.13. The summed E-state index contributed by atoms with van der Waals surface area (Å²) >= 11 is 5.68. The van der Waals surface area contributed by atoms with Gasteiger partial charge in [0.15, 0.2) is 0 Å². The highest BCUT2D eigenvalue weighted by Crippen LogP contribution is 2.27. The molecule has 1 aromatic carbocycles. The predicted octanol–water partition coefficient (Wildman–Crippen LogP) is 2.45. The summed E-state index contributed by atoms with van der Waals surface area (Å²) in [5.74, 6) is -0.987. The van der Waals surface area contributed by atoms with Crippen LogP contribution in [0, 0.1) is 5.82 Å². The average Bonchev–Trinajstić information content (AvgIpc) is 3.10. The standard InChI is InChI=1S/C12H13ClFNO2/c1-17-12(16)11(15-8-3-4-8)9-5-2-7(13)6-10(9)14/h2,5-6,8,11,15H,3-4H2,1H3. The summed E-state index contributed by atoms with van der Waals surface area (Å²) in [5.41, 5.74) is 0.271. The maximum atomic E-state index is 13.7. The molecular formula is C12H13ClFNO2. The fourth-order valence-electron chi connectivity index (χ4n) is 1.62. The van der Waals surface area contributed by atoms with Crippen molar-refractivity contribution in [1.29, 1.82) is 0 Å². The van der Waals surface area contributed by atoms with E-state index in [1.165, 1.54) is 19.2 Å². The highest BCUT2D eigenvalue weighted by atomic mass is 35.5. The SMILES string of the molecule is COC(=O)C(NC1CC1)c1ccc(Cl)cc1F. The van der Waals surface area contributed by atoms with Crippen molar-refractivity contribution in [2.24, 2.45) is 0 Å². The number of carbonyl (C=O) groups excluding carboxylic acids is 1. The van der Waals surface area contributed by atoms with Crippen molar-refractivity contribution in [1.82, 2.24) is 5.32 Å². The summed E-state index contributed by atoms with van der Waals surface area (Å²) < 4.78 is 18.4. The van der Waals surface area contributed by atoms with Gasteiger partial charge in [-0.3, -0.25) is 5.32 Å². The average molecular weight is 258 g/mol. The van der Waals surface area contributed by atoms with E-state index in [2.05, 4.69) is 10.1 Å². The van der Waals surface area contributed by atoms with E-state index in [1.807, 2.05) is 0 Å². The summed E-state index contributed by atoms with van der Waals surface area (Å²) in [7, 11) is 1.29. The second-order valence-electron chi connectivity index (χ2n) is 4.06. The molecular weight excluding hydrogens is 245 g/mol. The smallest absolute Gasteiger partial charge is 0.327 e. The number of methoxy groups -OCH3 is 1. The minimum absolute atomic E-state index is 0.271. The van der Waals surface area contributed by atoms with Crippen LogP contribution in [0.1, 0.15) is 24.4 Å². The molecule has 1 fully saturated rings. The molecule has 5 heteroatoms. The third-order valence-corrected chi connectivity index (χ3v) is 2.93. The lowest BCUT2D eigenvalue weighted by Gasteiger charge is -2.17. The molecule has 0 heterocycles. The van der Waals surface area contributed by atoms with Crippen LogP contribution in [0.25, 0.3) is 0 Å². The lowest BCUT2D eigenvalue weighted by Crippen LogP contribution is -2.31.